The molecule has 0 atom stereocenters. The highest BCUT2D eigenvalue weighted by Gasteiger charge is 2.12. The molecule has 0 saturated carbocycles. The Bertz CT molecular complexity index is 385. The largest absolute Gasteiger partial charge is 0.479 e. The molecule has 3 N–H and O–H groups in total. The molecule has 0 aromatic carbocycles. The quantitative estimate of drug-likeness (QED) is 0.792. The summed E-state index contributed by atoms with van der Waals surface area (Å²) in [6.07, 6.45) is 0. The van der Waals surface area contributed by atoms with Crippen molar-refractivity contribution >= 4 is 11.5 Å². The van der Waals surface area contributed by atoms with Crippen LogP contribution in [0.4, 0.5) is 11.5 Å². The van der Waals surface area contributed by atoms with Gasteiger partial charge in [0, 0.05) is 25.2 Å². The Hall–Kier alpha value is -1.49. The average molecular weight is 266 g/mol. The maximum atomic E-state index is 5.73. The van der Waals surface area contributed by atoms with Gasteiger partial charge in [0.15, 0.2) is 0 Å². The topological polar surface area (TPSA) is 63.4 Å². The molecule has 0 radical (unpaired) electrons. The Kier molecular flexibility index (Phi) is 5.89. The van der Waals surface area contributed by atoms with E-state index < -0.39 is 0 Å². The lowest BCUT2D eigenvalue weighted by Gasteiger charge is -2.30. The van der Waals surface area contributed by atoms with Crippen LogP contribution in [0.3, 0.4) is 0 Å². The van der Waals surface area contributed by atoms with E-state index in [1.54, 1.807) is 13.2 Å². The fourth-order valence-corrected chi connectivity index (χ4v) is 2.14. The second-order valence-electron chi connectivity index (χ2n) is 5.15. The number of nitrogens with one attached hydrogen (secondary N) is 1. The number of hydrogen-bond donors (Lipinski definition) is 2. The zero-order chi connectivity index (χ0) is 14.4. The molecular weight excluding hydrogens is 240 g/mol. The summed E-state index contributed by atoms with van der Waals surface area (Å²) in [5.74, 6) is 1.26. The third-order valence-corrected chi connectivity index (χ3v) is 3.09. The van der Waals surface area contributed by atoms with Crippen molar-refractivity contribution in [1.29, 1.82) is 0 Å². The molecule has 1 heterocycles. The number of nitrogens with two attached hydrogens (primary N) is 1. The first-order valence-electron chi connectivity index (χ1n) is 6.75. The fraction of sp³-hybridized carbons (Fsp3) is 0.643. The smallest absolute Gasteiger partial charge is 0.238 e. The van der Waals surface area contributed by atoms with E-state index in [2.05, 4.69) is 42.9 Å². The lowest BCUT2D eigenvalue weighted by Crippen LogP contribution is -2.40. The van der Waals surface area contributed by atoms with Crippen molar-refractivity contribution in [2.45, 2.75) is 39.8 Å². The van der Waals surface area contributed by atoms with Gasteiger partial charge in [0.05, 0.1) is 12.8 Å². The van der Waals surface area contributed by atoms with Crippen LogP contribution >= 0.6 is 0 Å². The molecule has 0 saturated heterocycles. The Balaban J connectivity index is 2.53. The fourth-order valence-electron chi connectivity index (χ4n) is 2.14. The second-order valence-corrected chi connectivity index (χ2v) is 5.15. The second kappa shape index (κ2) is 7.19. The molecule has 19 heavy (non-hydrogen) atoms. The van der Waals surface area contributed by atoms with Crippen LogP contribution in [-0.4, -0.2) is 42.2 Å². The number of pyridine rings is 1. The van der Waals surface area contributed by atoms with E-state index in [1.165, 1.54) is 0 Å². The van der Waals surface area contributed by atoms with Crippen LogP contribution in [0.25, 0.3) is 0 Å². The number of rotatable bonds is 7. The molecule has 0 aliphatic rings. The lowest BCUT2D eigenvalue weighted by atomic mass is 10.2. The summed E-state index contributed by atoms with van der Waals surface area (Å²) < 4.78 is 5.10. The molecule has 5 nitrogen and oxygen atoms in total. The van der Waals surface area contributed by atoms with Gasteiger partial charge in [-0.15, -0.1) is 0 Å². The van der Waals surface area contributed by atoms with E-state index in [0.29, 0.717) is 23.7 Å². The number of nitrogen functional groups attached to an aromatic ring is 1. The summed E-state index contributed by atoms with van der Waals surface area (Å²) in [7, 11) is 1.57. The minimum absolute atomic E-state index is 0.467. The molecule has 0 bridgehead atoms. The number of hydrogen-bond acceptors (Lipinski definition) is 5. The normalized spacial score (nSPS) is 11.4. The van der Waals surface area contributed by atoms with Crippen molar-refractivity contribution in [1.82, 2.24) is 9.88 Å². The minimum atomic E-state index is 0.467. The van der Waals surface area contributed by atoms with Crippen molar-refractivity contribution in [3.05, 3.63) is 12.1 Å². The Morgan fingerprint density at radius 3 is 2.42 bits per heavy atom. The monoisotopic (exact) mass is 266 g/mol. The Morgan fingerprint density at radius 1 is 1.26 bits per heavy atom. The number of nitrogens with zero attached hydrogens (tertiary/aromatic N) is 2. The van der Waals surface area contributed by atoms with Crippen molar-refractivity contribution in [2.24, 2.45) is 0 Å². The maximum Gasteiger partial charge on any atom is 0.238 e. The van der Waals surface area contributed by atoms with Crippen LogP contribution in [0.5, 0.6) is 5.88 Å². The average Bonchev–Trinajstić information content (AvgIpc) is 2.35. The number of methoxy groups -OCH3 is 1. The van der Waals surface area contributed by atoms with Gasteiger partial charge in [0.2, 0.25) is 5.88 Å². The van der Waals surface area contributed by atoms with Crippen LogP contribution < -0.4 is 15.8 Å². The third-order valence-electron chi connectivity index (χ3n) is 3.09. The summed E-state index contributed by atoms with van der Waals surface area (Å²) in [5.41, 5.74) is 6.29. The highest BCUT2D eigenvalue weighted by atomic mass is 16.5. The van der Waals surface area contributed by atoms with Gasteiger partial charge in [-0.1, -0.05) is 0 Å². The van der Waals surface area contributed by atoms with Gasteiger partial charge < -0.3 is 15.8 Å². The van der Waals surface area contributed by atoms with Crippen LogP contribution in [0, 0.1) is 0 Å². The van der Waals surface area contributed by atoms with Gasteiger partial charge in [0.25, 0.3) is 0 Å². The van der Waals surface area contributed by atoms with Gasteiger partial charge in [-0.3, -0.25) is 4.90 Å². The molecule has 1 rings (SSSR count). The molecule has 108 valence electrons. The summed E-state index contributed by atoms with van der Waals surface area (Å²) >= 11 is 0. The third kappa shape index (κ3) is 4.59. The lowest BCUT2D eigenvalue weighted by molar-refractivity contribution is 0.182. The summed E-state index contributed by atoms with van der Waals surface area (Å²) in [5, 5.41) is 3.30. The summed E-state index contributed by atoms with van der Waals surface area (Å²) in [6.45, 7) is 10.7. The van der Waals surface area contributed by atoms with Crippen molar-refractivity contribution in [2.75, 3.05) is 31.2 Å². The minimum Gasteiger partial charge on any atom is -0.479 e. The first-order chi connectivity index (χ1) is 8.95. The van der Waals surface area contributed by atoms with E-state index >= 15 is 0 Å². The Morgan fingerprint density at radius 2 is 1.89 bits per heavy atom. The molecule has 0 spiro atoms. The molecule has 0 aliphatic heterocycles. The molecule has 0 unspecified atom stereocenters. The predicted molar refractivity (Wildman–Crippen MR) is 80.7 cm³/mol. The van der Waals surface area contributed by atoms with E-state index in [-0.39, 0.29) is 0 Å². The van der Waals surface area contributed by atoms with E-state index in [9.17, 15) is 0 Å². The van der Waals surface area contributed by atoms with Crippen molar-refractivity contribution < 1.29 is 4.74 Å². The number of aromatic nitrogens is 1. The molecule has 1 aromatic rings. The predicted octanol–water partition coefficient (Wildman–Crippen LogP) is 2.20. The Labute approximate surface area is 116 Å². The van der Waals surface area contributed by atoms with Crippen molar-refractivity contribution in [3.8, 4) is 5.88 Å². The first kappa shape index (κ1) is 15.6. The van der Waals surface area contributed by atoms with Crippen LogP contribution in [0.15, 0.2) is 12.1 Å². The molecule has 0 aliphatic carbocycles. The van der Waals surface area contributed by atoms with E-state index in [1.807, 2.05) is 6.07 Å². The van der Waals surface area contributed by atoms with Gasteiger partial charge in [0.1, 0.15) is 5.82 Å². The van der Waals surface area contributed by atoms with Gasteiger partial charge in [-0.05, 0) is 39.8 Å². The molecule has 0 amide bonds. The number of ether oxygens (including phenoxy) is 1. The van der Waals surface area contributed by atoms with Crippen LogP contribution in [0.1, 0.15) is 27.7 Å². The summed E-state index contributed by atoms with van der Waals surface area (Å²) in [4.78, 5) is 6.73. The van der Waals surface area contributed by atoms with Gasteiger partial charge in [-0.2, -0.15) is 4.98 Å². The van der Waals surface area contributed by atoms with Gasteiger partial charge in [-0.25, -0.2) is 0 Å². The SMILES string of the molecule is COc1nc(NCCN(C(C)C)C(C)C)ccc1N. The van der Waals surface area contributed by atoms with Crippen LogP contribution in [-0.2, 0) is 0 Å². The first-order valence-corrected chi connectivity index (χ1v) is 6.75. The van der Waals surface area contributed by atoms with E-state index in [4.69, 9.17) is 10.5 Å². The highest BCUT2D eigenvalue weighted by molar-refractivity contribution is 5.53. The standard InChI is InChI=1S/C14H26N4O/c1-10(2)18(11(3)4)9-8-16-13-7-6-12(15)14(17-13)19-5/h6-7,10-11H,8-9,15H2,1-5H3,(H,16,17). The number of anilines is 2. The summed E-state index contributed by atoms with van der Waals surface area (Å²) in [6, 6.07) is 4.75. The zero-order valence-corrected chi connectivity index (χ0v) is 12.6. The maximum absolute atomic E-state index is 5.73. The van der Waals surface area contributed by atoms with E-state index in [0.717, 1.165) is 18.9 Å². The zero-order valence-electron chi connectivity index (χ0n) is 12.6. The van der Waals surface area contributed by atoms with Crippen LogP contribution in [0.2, 0.25) is 0 Å². The molecule has 1 aromatic heterocycles. The molecular formula is C14H26N4O. The molecule has 0 fully saturated rings. The van der Waals surface area contributed by atoms with Gasteiger partial charge >= 0.3 is 0 Å². The van der Waals surface area contributed by atoms with Crippen molar-refractivity contribution in [3.63, 3.8) is 0 Å². The molecule has 5 heteroatoms. The highest BCUT2D eigenvalue weighted by Crippen LogP contribution is 2.19.